The molecular weight excluding hydrogens is 314 g/mol. The number of carboxylic acid groups (broad SMARTS) is 1. The van der Waals surface area contributed by atoms with Crippen LogP contribution in [0.3, 0.4) is 0 Å². The molecule has 0 aromatic heterocycles. The van der Waals surface area contributed by atoms with Gasteiger partial charge in [0.25, 0.3) is 0 Å². The fourth-order valence-electron chi connectivity index (χ4n) is 2.31. The molecule has 0 bridgehead atoms. The predicted molar refractivity (Wildman–Crippen MR) is 80.2 cm³/mol. The number of carboxylic acids is 1. The van der Waals surface area contributed by atoms with Gasteiger partial charge in [0.2, 0.25) is 10.0 Å². The van der Waals surface area contributed by atoms with Gasteiger partial charge in [0.15, 0.2) is 0 Å². The Bertz CT molecular complexity index is 660. The molecule has 1 saturated heterocycles. The molecule has 1 aromatic carbocycles. The first-order valence-corrected chi connectivity index (χ1v) is 8.48. The van der Waals surface area contributed by atoms with Crippen molar-refractivity contribution in [3.8, 4) is 0 Å². The molecule has 0 spiro atoms. The molecule has 1 heterocycles. The zero-order chi connectivity index (χ0) is 15.8. The second-order valence-corrected chi connectivity index (χ2v) is 8.33. The van der Waals surface area contributed by atoms with E-state index in [-0.39, 0.29) is 20.9 Å². The first-order chi connectivity index (χ1) is 9.63. The number of aromatic carboxylic acids is 1. The van der Waals surface area contributed by atoms with Crippen LogP contribution in [0, 0.1) is 5.41 Å². The number of sulfonamides is 1. The van der Waals surface area contributed by atoms with Crippen LogP contribution in [0.4, 0.5) is 0 Å². The maximum Gasteiger partial charge on any atom is 0.335 e. The largest absolute Gasteiger partial charge is 0.478 e. The van der Waals surface area contributed by atoms with Crippen molar-refractivity contribution in [2.75, 3.05) is 13.1 Å². The molecule has 0 atom stereocenters. The number of carbonyl (C=O) groups is 1. The Kier molecular flexibility index (Phi) is 4.33. The number of hydrogen-bond acceptors (Lipinski definition) is 3. The first kappa shape index (κ1) is 16.3. The van der Waals surface area contributed by atoms with Gasteiger partial charge in [-0.25, -0.2) is 13.2 Å². The van der Waals surface area contributed by atoms with E-state index in [0.717, 1.165) is 18.9 Å². The third-order valence-electron chi connectivity index (χ3n) is 3.87. The number of rotatable bonds is 3. The topological polar surface area (TPSA) is 74.7 Å². The number of benzene rings is 1. The third kappa shape index (κ3) is 3.39. The van der Waals surface area contributed by atoms with Gasteiger partial charge in [0.1, 0.15) is 4.90 Å². The SMILES string of the molecule is CC1(C)CCN(S(=O)(=O)c2cc(C(=O)O)ccc2Cl)CC1. The van der Waals surface area contributed by atoms with E-state index < -0.39 is 16.0 Å². The number of halogens is 1. The molecule has 7 heteroatoms. The Morgan fingerprint density at radius 2 is 1.86 bits per heavy atom. The van der Waals surface area contributed by atoms with Crippen molar-refractivity contribution < 1.29 is 18.3 Å². The van der Waals surface area contributed by atoms with Gasteiger partial charge in [-0.05, 0) is 36.5 Å². The number of nitrogens with zero attached hydrogens (tertiary/aromatic N) is 1. The zero-order valence-electron chi connectivity index (χ0n) is 12.0. The summed E-state index contributed by atoms with van der Waals surface area (Å²) in [5.41, 5.74) is 0.0361. The van der Waals surface area contributed by atoms with Crippen LogP contribution in [-0.2, 0) is 10.0 Å². The molecule has 0 amide bonds. The standard InChI is InChI=1S/C14H18ClNO4S/c1-14(2)5-7-16(8-6-14)21(19,20)12-9-10(13(17)18)3-4-11(12)15/h3-4,9H,5-8H2,1-2H3,(H,17,18). The highest BCUT2D eigenvalue weighted by Crippen LogP contribution is 2.34. The second kappa shape index (κ2) is 5.59. The highest BCUT2D eigenvalue weighted by atomic mass is 35.5. The van der Waals surface area contributed by atoms with E-state index in [1.54, 1.807) is 0 Å². The summed E-state index contributed by atoms with van der Waals surface area (Å²) in [5, 5.41) is 9.04. The molecule has 2 rings (SSSR count). The first-order valence-electron chi connectivity index (χ1n) is 6.66. The molecule has 116 valence electrons. The van der Waals surface area contributed by atoms with Gasteiger partial charge in [0, 0.05) is 13.1 Å². The highest BCUT2D eigenvalue weighted by Gasteiger charge is 2.34. The summed E-state index contributed by atoms with van der Waals surface area (Å²) in [6.45, 7) is 5.05. The Labute approximate surface area is 129 Å². The zero-order valence-corrected chi connectivity index (χ0v) is 13.5. The van der Waals surface area contributed by atoms with Crippen LogP contribution >= 0.6 is 11.6 Å². The molecular formula is C14H18ClNO4S. The molecule has 5 nitrogen and oxygen atoms in total. The average Bonchev–Trinajstić information content (AvgIpc) is 2.38. The van der Waals surface area contributed by atoms with E-state index in [1.165, 1.54) is 16.4 Å². The summed E-state index contributed by atoms with van der Waals surface area (Å²) >= 11 is 5.96. The van der Waals surface area contributed by atoms with Gasteiger partial charge in [-0.3, -0.25) is 0 Å². The third-order valence-corrected chi connectivity index (χ3v) is 6.25. The van der Waals surface area contributed by atoms with Gasteiger partial charge < -0.3 is 5.11 Å². The van der Waals surface area contributed by atoms with Crippen molar-refractivity contribution in [3.63, 3.8) is 0 Å². The van der Waals surface area contributed by atoms with E-state index in [4.69, 9.17) is 16.7 Å². The molecule has 0 aliphatic carbocycles. The summed E-state index contributed by atoms with van der Waals surface area (Å²) < 4.78 is 26.7. The fourth-order valence-corrected chi connectivity index (χ4v) is 4.25. The molecule has 1 aliphatic heterocycles. The van der Waals surface area contributed by atoms with Gasteiger partial charge in [-0.15, -0.1) is 0 Å². The van der Waals surface area contributed by atoms with E-state index in [1.807, 2.05) is 0 Å². The molecule has 1 fully saturated rings. The maximum absolute atomic E-state index is 12.6. The van der Waals surface area contributed by atoms with Crippen LogP contribution in [0.15, 0.2) is 23.1 Å². The van der Waals surface area contributed by atoms with Crippen molar-refractivity contribution in [2.45, 2.75) is 31.6 Å². The number of hydrogen-bond donors (Lipinski definition) is 1. The Morgan fingerprint density at radius 3 is 2.38 bits per heavy atom. The van der Waals surface area contributed by atoms with Crippen molar-refractivity contribution >= 4 is 27.6 Å². The summed E-state index contributed by atoms with van der Waals surface area (Å²) in [5.74, 6) is -1.18. The van der Waals surface area contributed by atoms with Gasteiger partial charge in [-0.2, -0.15) is 4.31 Å². The van der Waals surface area contributed by atoms with Crippen LogP contribution in [0.1, 0.15) is 37.0 Å². The lowest BCUT2D eigenvalue weighted by Gasteiger charge is -2.36. The second-order valence-electron chi connectivity index (χ2n) is 6.02. The Morgan fingerprint density at radius 1 is 1.29 bits per heavy atom. The smallest absolute Gasteiger partial charge is 0.335 e. The Hall–Kier alpha value is -1.11. The minimum Gasteiger partial charge on any atom is -0.478 e. The summed E-state index contributed by atoms with van der Waals surface area (Å²) in [6.07, 6.45) is 1.53. The van der Waals surface area contributed by atoms with E-state index >= 15 is 0 Å². The quantitative estimate of drug-likeness (QED) is 0.924. The minimum atomic E-state index is -3.76. The highest BCUT2D eigenvalue weighted by molar-refractivity contribution is 7.89. The van der Waals surface area contributed by atoms with E-state index in [9.17, 15) is 13.2 Å². The maximum atomic E-state index is 12.6. The lowest BCUT2D eigenvalue weighted by molar-refractivity contribution is 0.0696. The number of piperidine rings is 1. The molecule has 0 saturated carbocycles. The van der Waals surface area contributed by atoms with Crippen molar-refractivity contribution in [1.29, 1.82) is 0 Å². The van der Waals surface area contributed by atoms with Crippen molar-refractivity contribution in [3.05, 3.63) is 28.8 Å². The van der Waals surface area contributed by atoms with Crippen LogP contribution in [0.5, 0.6) is 0 Å². The molecule has 0 radical (unpaired) electrons. The van der Waals surface area contributed by atoms with Gasteiger partial charge in [0.05, 0.1) is 10.6 Å². The molecule has 1 aromatic rings. The molecule has 21 heavy (non-hydrogen) atoms. The summed E-state index contributed by atoms with van der Waals surface area (Å²) in [6, 6.07) is 3.73. The molecule has 1 N–H and O–H groups in total. The lowest BCUT2D eigenvalue weighted by atomic mass is 9.83. The molecule has 0 unspecified atom stereocenters. The van der Waals surface area contributed by atoms with Crippen LogP contribution in [-0.4, -0.2) is 36.9 Å². The van der Waals surface area contributed by atoms with Gasteiger partial charge in [-0.1, -0.05) is 25.4 Å². The average molecular weight is 332 g/mol. The summed E-state index contributed by atoms with van der Waals surface area (Å²) in [7, 11) is -3.76. The van der Waals surface area contributed by atoms with Crippen LogP contribution < -0.4 is 0 Å². The van der Waals surface area contributed by atoms with Gasteiger partial charge >= 0.3 is 5.97 Å². The normalized spacial score (nSPS) is 19.4. The van der Waals surface area contributed by atoms with E-state index in [2.05, 4.69) is 13.8 Å². The lowest BCUT2D eigenvalue weighted by Crippen LogP contribution is -2.41. The van der Waals surface area contributed by atoms with E-state index in [0.29, 0.717) is 13.1 Å². The molecule has 1 aliphatic rings. The monoisotopic (exact) mass is 331 g/mol. The minimum absolute atomic E-state index is 0.0461. The Balaban J connectivity index is 2.36. The van der Waals surface area contributed by atoms with Crippen molar-refractivity contribution in [2.24, 2.45) is 5.41 Å². The fraction of sp³-hybridized carbons (Fsp3) is 0.500. The summed E-state index contributed by atoms with van der Waals surface area (Å²) in [4.78, 5) is 10.9. The van der Waals surface area contributed by atoms with Crippen LogP contribution in [0.25, 0.3) is 0 Å². The predicted octanol–water partition coefficient (Wildman–Crippen LogP) is 2.85. The van der Waals surface area contributed by atoms with Crippen LogP contribution in [0.2, 0.25) is 5.02 Å². The van der Waals surface area contributed by atoms with Crippen molar-refractivity contribution in [1.82, 2.24) is 4.31 Å².